The molecule has 1 atom stereocenters. The molecule has 1 unspecified atom stereocenters. The van der Waals surface area contributed by atoms with Crippen LogP contribution in [0.3, 0.4) is 0 Å². The summed E-state index contributed by atoms with van der Waals surface area (Å²) in [6.45, 7) is 4.40. The van der Waals surface area contributed by atoms with E-state index in [2.05, 4.69) is 44.2 Å². The molecule has 1 aromatic heterocycles. The van der Waals surface area contributed by atoms with Gasteiger partial charge < -0.3 is 4.42 Å². The highest BCUT2D eigenvalue weighted by Gasteiger charge is 2.18. The molecule has 2 aromatic rings. The standard InChI is InChI=1S/C14H14O/c1-9-6-7-12-11(8-9)14-10(2)4-3-5-13(14)15-12/h3-7,9H,8H2,1-2H3. The number of benzene rings is 1. The predicted molar refractivity (Wildman–Crippen MR) is 62.9 cm³/mol. The van der Waals surface area contributed by atoms with E-state index in [9.17, 15) is 0 Å². The van der Waals surface area contributed by atoms with E-state index in [-0.39, 0.29) is 0 Å². The van der Waals surface area contributed by atoms with Gasteiger partial charge in [0.1, 0.15) is 11.3 Å². The number of hydrogen-bond donors (Lipinski definition) is 0. The summed E-state index contributed by atoms with van der Waals surface area (Å²) < 4.78 is 5.83. The van der Waals surface area contributed by atoms with E-state index < -0.39 is 0 Å². The summed E-state index contributed by atoms with van der Waals surface area (Å²) in [5.41, 5.74) is 3.73. The van der Waals surface area contributed by atoms with Gasteiger partial charge in [-0.15, -0.1) is 0 Å². The third-order valence-corrected chi connectivity index (χ3v) is 3.16. The third kappa shape index (κ3) is 1.23. The van der Waals surface area contributed by atoms with Gasteiger partial charge in [-0.3, -0.25) is 0 Å². The Hall–Kier alpha value is -1.50. The van der Waals surface area contributed by atoms with Gasteiger partial charge in [-0.05, 0) is 37.0 Å². The average Bonchev–Trinajstić information content (AvgIpc) is 2.57. The van der Waals surface area contributed by atoms with Crippen molar-refractivity contribution >= 4 is 17.0 Å². The lowest BCUT2D eigenvalue weighted by atomic mass is 9.92. The highest BCUT2D eigenvalue weighted by Crippen LogP contribution is 2.34. The molecule has 1 nitrogen and oxygen atoms in total. The summed E-state index contributed by atoms with van der Waals surface area (Å²) in [6, 6.07) is 6.26. The SMILES string of the molecule is Cc1cccc2oc3c(c12)CC(C)C=C3. The normalized spacial score (nSPS) is 19.5. The van der Waals surface area contributed by atoms with Crippen LogP contribution in [0.1, 0.15) is 23.8 Å². The Morgan fingerprint density at radius 3 is 3.07 bits per heavy atom. The molecule has 0 N–H and O–H groups in total. The van der Waals surface area contributed by atoms with E-state index in [4.69, 9.17) is 4.42 Å². The minimum Gasteiger partial charge on any atom is -0.456 e. The van der Waals surface area contributed by atoms with Gasteiger partial charge in [0.25, 0.3) is 0 Å². The fourth-order valence-corrected chi connectivity index (χ4v) is 2.39. The first kappa shape index (κ1) is 8.78. The molecule has 1 aromatic carbocycles. The first-order valence-corrected chi connectivity index (χ1v) is 5.45. The lowest BCUT2D eigenvalue weighted by Crippen LogP contribution is -2.01. The number of hydrogen-bond acceptors (Lipinski definition) is 1. The van der Waals surface area contributed by atoms with Crippen molar-refractivity contribution in [2.24, 2.45) is 5.92 Å². The Bertz CT molecular complexity index is 546. The molecule has 0 amide bonds. The fourth-order valence-electron chi connectivity index (χ4n) is 2.39. The van der Waals surface area contributed by atoms with Crippen LogP contribution in [0.25, 0.3) is 17.0 Å². The molecule has 15 heavy (non-hydrogen) atoms. The van der Waals surface area contributed by atoms with Crippen LogP contribution in [0.2, 0.25) is 0 Å². The maximum absolute atomic E-state index is 5.83. The summed E-state index contributed by atoms with van der Waals surface area (Å²) in [5, 5.41) is 1.32. The highest BCUT2D eigenvalue weighted by molar-refractivity contribution is 5.88. The molecule has 1 heterocycles. The van der Waals surface area contributed by atoms with Crippen molar-refractivity contribution in [3.05, 3.63) is 41.2 Å². The summed E-state index contributed by atoms with van der Waals surface area (Å²) in [6.07, 6.45) is 5.44. The first-order chi connectivity index (χ1) is 7.25. The number of furan rings is 1. The van der Waals surface area contributed by atoms with Crippen molar-refractivity contribution < 1.29 is 4.42 Å². The number of fused-ring (bicyclic) bond motifs is 3. The van der Waals surface area contributed by atoms with Gasteiger partial charge in [-0.1, -0.05) is 25.1 Å². The van der Waals surface area contributed by atoms with Gasteiger partial charge in [0, 0.05) is 10.9 Å². The quantitative estimate of drug-likeness (QED) is 0.624. The topological polar surface area (TPSA) is 13.1 Å². The van der Waals surface area contributed by atoms with E-state index in [0.717, 1.165) is 17.8 Å². The Morgan fingerprint density at radius 1 is 1.33 bits per heavy atom. The van der Waals surface area contributed by atoms with E-state index >= 15 is 0 Å². The van der Waals surface area contributed by atoms with Crippen LogP contribution in [0.15, 0.2) is 28.7 Å². The molecule has 0 saturated heterocycles. The van der Waals surface area contributed by atoms with Crippen LogP contribution in [0.4, 0.5) is 0 Å². The zero-order valence-electron chi connectivity index (χ0n) is 9.08. The average molecular weight is 198 g/mol. The van der Waals surface area contributed by atoms with Crippen LogP contribution in [0, 0.1) is 12.8 Å². The van der Waals surface area contributed by atoms with E-state index in [1.165, 1.54) is 16.5 Å². The van der Waals surface area contributed by atoms with Crippen molar-refractivity contribution in [2.75, 3.05) is 0 Å². The first-order valence-electron chi connectivity index (χ1n) is 5.45. The van der Waals surface area contributed by atoms with Gasteiger partial charge in [0.2, 0.25) is 0 Å². The van der Waals surface area contributed by atoms with Crippen molar-refractivity contribution in [1.82, 2.24) is 0 Å². The molecular formula is C14H14O. The summed E-state index contributed by atoms with van der Waals surface area (Å²) in [5.74, 6) is 1.68. The van der Waals surface area contributed by atoms with Gasteiger partial charge >= 0.3 is 0 Å². The molecular weight excluding hydrogens is 184 g/mol. The lowest BCUT2D eigenvalue weighted by molar-refractivity contribution is 0.584. The molecule has 1 heteroatoms. The van der Waals surface area contributed by atoms with Gasteiger partial charge in [0.05, 0.1) is 0 Å². The van der Waals surface area contributed by atoms with E-state index in [1.807, 2.05) is 0 Å². The zero-order chi connectivity index (χ0) is 10.4. The minimum absolute atomic E-state index is 0.623. The Labute approximate surface area is 89.4 Å². The second-order valence-electron chi connectivity index (χ2n) is 4.43. The van der Waals surface area contributed by atoms with Crippen molar-refractivity contribution in [3.8, 4) is 0 Å². The molecule has 0 radical (unpaired) electrons. The second-order valence-corrected chi connectivity index (χ2v) is 4.43. The monoisotopic (exact) mass is 198 g/mol. The van der Waals surface area contributed by atoms with Gasteiger partial charge in [-0.2, -0.15) is 0 Å². The third-order valence-electron chi connectivity index (χ3n) is 3.16. The van der Waals surface area contributed by atoms with Crippen LogP contribution in [-0.2, 0) is 6.42 Å². The molecule has 0 aliphatic heterocycles. The van der Waals surface area contributed by atoms with E-state index in [1.54, 1.807) is 0 Å². The maximum atomic E-state index is 5.83. The summed E-state index contributed by atoms with van der Waals surface area (Å²) in [7, 11) is 0. The molecule has 1 aliphatic rings. The number of aryl methyl sites for hydroxylation is 1. The van der Waals surface area contributed by atoms with Crippen molar-refractivity contribution in [1.29, 1.82) is 0 Å². The Balaban J connectivity index is 2.37. The minimum atomic E-state index is 0.623. The van der Waals surface area contributed by atoms with Crippen LogP contribution < -0.4 is 0 Å². The molecule has 0 bridgehead atoms. The number of allylic oxidation sites excluding steroid dienone is 1. The van der Waals surface area contributed by atoms with Crippen molar-refractivity contribution in [3.63, 3.8) is 0 Å². The lowest BCUT2D eigenvalue weighted by Gasteiger charge is -2.11. The molecule has 1 aliphatic carbocycles. The predicted octanol–water partition coefficient (Wildman–Crippen LogP) is 3.95. The Kier molecular flexibility index (Phi) is 1.75. The fraction of sp³-hybridized carbons (Fsp3) is 0.286. The zero-order valence-corrected chi connectivity index (χ0v) is 9.08. The maximum Gasteiger partial charge on any atom is 0.135 e. The molecule has 0 spiro atoms. The van der Waals surface area contributed by atoms with Crippen LogP contribution in [0.5, 0.6) is 0 Å². The van der Waals surface area contributed by atoms with Gasteiger partial charge in [0.15, 0.2) is 0 Å². The Morgan fingerprint density at radius 2 is 2.20 bits per heavy atom. The van der Waals surface area contributed by atoms with Gasteiger partial charge in [-0.25, -0.2) is 0 Å². The molecule has 0 saturated carbocycles. The van der Waals surface area contributed by atoms with Crippen LogP contribution >= 0.6 is 0 Å². The highest BCUT2D eigenvalue weighted by atomic mass is 16.3. The number of rotatable bonds is 0. The smallest absolute Gasteiger partial charge is 0.135 e. The molecule has 0 fully saturated rings. The molecule has 76 valence electrons. The van der Waals surface area contributed by atoms with Crippen molar-refractivity contribution in [2.45, 2.75) is 20.3 Å². The summed E-state index contributed by atoms with van der Waals surface area (Å²) in [4.78, 5) is 0. The van der Waals surface area contributed by atoms with Crippen LogP contribution in [-0.4, -0.2) is 0 Å². The van der Waals surface area contributed by atoms with E-state index in [0.29, 0.717) is 5.92 Å². The molecule has 3 rings (SSSR count). The largest absolute Gasteiger partial charge is 0.456 e. The summed E-state index contributed by atoms with van der Waals surface area (Å²) >= 11 is 0. The second kappa shape index (κ2) is 2.99.